The molecule has 0 aliphatic carbocycles. The summed E-state index contributed by atoms with van der Waals surface area (Å²) in [6, 6.07) is 8.15. The molecule has 0 radical (unpaired) electrons. The molecule has 0 bridgehead atoms. The lowest BCUT2D eigenvalue weighted by Crippen LogP contribution is -2.10. The highest BCUT2D eigenvalue weighted by Crippen LogP contribution is 2.13. The Morgan fingerprint density at radius 3 is 2.90 bits per heavy atom. The predicted molar refractivity (Wildman–Crippen MR) is 44.4 cm³/mol. The third-order valence-corrected chi connectivity index (χ3v) is 1.77. The van der Waals surface area contributed by atoms with Crippen molar-refractivity contribution in [3.05, 3.63) is 29.8 Å². The molecular formula is C7H10N2S. The molecule has 0 fully saturated rings. The summed E-state index contributed by atoms with van der Waals surface area (Å²) in [5, 5.41) is 0. The molecule has 0 saturated heterocycles. The van der Waals surface area contributed by atoms with Crippen LogP contribution in [0.1, 0.15) is 5.56 Å². The van der Waals surface area contributed by atoms with Crippen molar-refractivity contribution < 1.29 is 0 Å². The quantitative estimate of drug-likeness (QED) is 0.385. The lowest BCUT2D eigenvalue weighted by Gasteiger charge is -1.98. The van der Waals surface area contributed by atoms with Gasteiger partial charge in [-0.1, -0.05) is 12.1 Å². The van der Waals surface area contributed by atoms with Gasteiger partial charge in [-0.15, -0.1) is 0 Å². The Morgan fingerprint density at radius 2 is 2.30 bits per heavy atom. The second-order valence-corrected chi connectivity index (χ2v) is 2.95. The van der Waals surface area contributed by atoms with E-state index >= 15 is 0 Å². The summed E-state index contributed by atoms with van der Waals surface area (Å²) in [4.78, 5) is 3.67. The maximum atomic E-state index is 5.12. The van der Waals surface area contributed by atoms with Crippen molar-refractivity contribution in [1.82, 2.24) is 4.83 Å². The fourth-order valence-corrected chi connectivity index (χ4v) is 1.27. The van der Waals surface area contributed by atoms with Crippen LogP contribution in [0.4, 0.5) is 0 Å². The van der Waals surface area contributed by atoms with Crippen molar-refractivity contribution in [2.24, 2.45) is 5.84 Å². The maximum absolute atomic E-state index is 5.12. The van der Waals surface area contributed by atoms with E-state index in [1.165, 1.54) is 17.5 Å². The van der Waals surface area contributed by atoms with Gasteiger partial charge in [0.1, 0.15) is 0 Å². The minimum Gasteiger partial charge on any atom is -0.261 e. The standard InChI is InChI=1S/C7H10N2S/c1-6-3-2-4-7(5-6)10-9-8/h2-5,9H,8H2,1H3. The number of hydrazine groups is 1. The van der Waals surface area contributed by atoms with E-state index in [1.54, 1.807) is 0 Å². The summed E-state index contributed by atoms with van der Waals surface area (Å²) >= 11 is 1.42. The van der Waals surface area contributed by atoms with Crippen LogP contribution in [0.2, 0.25) is 0 Å². The van der Waals surface area contributed by atoms with Crippen molar-refractivity contribution in [3.8, 4) is 0 Å². The summed E-state index contributed by atoms with van der Waals surface area (Å²) in [5.41, 5.74) is 1.25. The van der Waals surface area contributed by atoms with Crippen LogP contribution in [-0.4, -0.2) is 0 Å². The number of rotatable bonds is 2. The van der Waals surface area contributed by atoms with E-state index in [-0.39, 0.29) is 0 Å². The van der Waals surface area contributed by atoms with E-state index in [0.717, 1.165) is 4.90 Å². The first-order valence-electron chi connectivity index (χ1n) is 3.02. The highest BCUT2D eigenvalue weighted by molar-refractivity contribution is 7.97. The fourth-order valence-electron chi connectivity index (χ4n) is 0.747. The van der Waals surface area contributed by atoms with E-state index in [0.29, 0.717) is 0 Å². The Balaban J connectivity index is 2.75. The molecule has 0 heterocycles. The molecule has 1 aromatic carbocycles. The molecule has 0 atom stereocenters. The van der Waals surface area contributed by atoms with Crippen molar-refractivity contribution in [2.45, 2.75) is 11.8 Å². The number of nitrogens with one attached hydrogen (secondary N) is 1. The topological polar surface area (TPSA) is 38.0 Å². The van der Waals surface area contributed by atoms with Gasteiger partial charge in [0.05, 0.1) is 0 Å². The highest BCUT2D eigenvalue weighted by Gasteiger charge is 1.89. The molecule has 0 aromatic heterocycles. The molecule has 1 rings (SSSR count). The molecule has 0 saturated carbocycles. The largest absolute Gasteiger partial charge is 0.261 e. The summed E-state index contributed by atoms with van der Waals surface area (Å²) in [5.74, 6) is 5.12. The predicted octanol–water partition coefficient (Wildman–Crippen LogP) is 1.47. The molecule has 0 amide bonds. The Kier molecular flexibility index (Phi) is 2.74. The van der Waals surface area contributed by atoms with Crippen LogP contribution in [0.25, 0.3) is 0 Å². The number of hydrogen-bond donors (Lipinski definition) is 2. The molecule has 54 valence electrons. The first-order valence-corrected chi connectivity index (χ1v) is 3.83. The lowest BCUT2D eigenvalue weighted by atomic mass is 10.2. The zero-order chi connectivity index (χ0) is 7.40. The minimum atomic E-state index is 1.14. The van der Waals surface area contributed by atoms with Crippen LogP contribution in [-0.2, 0) is 0 Å². The maximum Gasteiger partial charge on any atom is 0.0243 e. The molecule has 2 nitrogen and oxygen atoms in total. The average Bonchev–Trinajstić information content (AvgIpc) is 1.88. The smallest absolute Gasteiger partial charge is 0.0243 e. The molecule has 3 N–H and O–H groups in total. The molecule has 0 unspecified atom stereocenters. The second-order valence-electron chi connectivity index (χ2n) is 2.04. The van der Waals surface area contributed by atoms with Crippen LogP contribution in [0.15, 0.2) is 29.2 Å². The normalized spacial score (nSPS) is 9.80. The molecule has 0 aliphatic rings. The molecule has 10 heavy (non-hydrogen) atoms. The van der Waals surface area contributed by atoms with Gasteiger partial charge in [0.2, 0.25) is 0 Å². The number of hydrogen-bond acceptors (Lipinski definition) is 3. The fraction of sp³-hybridized carbons (Fsp3) is 0.143. The van der Waals surface area contributed by atoms with E-state index < -0.39 is 0 Å². The van der Waals surface area contributed by atoms with Gasteiger partial charge in [-0.25, -0.2) is 0 Å². The molecular weight excluding hydrogens is 144 g/mol. The Bertz CT molecular complexity index is 213. The summed E-state index contributed by atoms with van der Waals surface area (Å²) in [7, 11) is 0. The summed E-state index contributed by atoms with van der Waals surface area (Å²) < 4.78 is 0. The van der Waals surface area contributed by atoms with Crippen LogP contribution in [0, 0.1) is 6.92 Å². The molecule has 0 spiro atoms. The lowest BCUT2D eigenvalue weighted by molar-refractivity contribution is 1.11. The van der Waals surface area contributed by atoms with Crippen molar-refractivity contribution in [1.29, 1.82) is 0 Å². The molecule has 1 aromatic rings. The Hall–Kier alpha value is -0.510. The van der Waals surface area contributed by atoms with Crippen molar-refractivity contribution in [3.63, 3.8) is 0 Å². The van der Waals surface area contributed by atoms with Gasteiger partial charge in [-0.2, -0.15) is 4.83 Å². The monoisotopic (exact) mass is 154 g/mol. The van der Waals surface area contributed by atoms with Crippen LogP contribution < -0.4 is 10.7 Å². The van der Waals surface area contributed by atoms with Gasteiger partial charge in [-0.05, 0) is 36.6 Å². The van der Waals surface area contributed by atoms with Gasteiger partial charge >= 0.3 is 0 Å². The molecule has 3 heteroatoms. The van der Waals surface area contributed by atoms with Crippen molar-refractivity contribution >= 4 is 11.9 Å². The minimum absolute atomic E-state index is 1.14. The zero-order valence-corrected chi connectivity index (χ0v) is 6.61. The summed E-state index contributed by atoms with van der Waals surface area (Å²) in [6.07, 6.45) is 0. The first-order chi connectivity index (χ1) is 4.83. The zero-order valence-electron chi connectivity index (χ0n) is 5.79. The molecule has 0 aliphatic heterocycles. The van der Waals surface area contributed by atoms with Crippen LogP contribution in [0.3, 0.4) is 0 Å². The second kappa shape index (κ2) is 3.61. The first kappa shape index (κ1) is 7.60. The number of benzene rings is 1. The van der Waals surface area contributed by atoms with Gasteiger partial charge in [0, 0.05) is 4.90 Å². The van der Waals surface area contributed by atoms with Gasteiger partial charge in [0.25, 0.3) is 0 Å². The highest BCUT2D eigenvalue weighted by atomic mass is 32.2. The van der Waals surface area contributed by atoms with Gasteiger partial charge in [0.15, 0.2) is 0 Å². The van der Waals surface area contributed by atoms with E-state index in [1.807, 2.05) is 12.1 Å². The van der Waals surface area contributed by atoms with E-state index in [4.69, 9.17) is 5.84 Å². The van der Waals surface area contributed by atoms with E-state index in [9.17, 15) is 0 Å². The number of nitrogens with two attached hydrogens (primary N) is 1. The van der Waals surface area contributed by atoms with Gasteiger partial charge in [-0.3, -0.25) is 5.84 Å². The average molecular weight is 154 g/mol. The number of aryl methyl sites for hydroxylation is 1. The Morgan fingerprint density at radius 1 is 1.50 bits per heavy atom. The third kappa shape index (κ3) is 2.02. The Labute approximate surface area is 64.9 Å². The third-order valence-electron chi connectivity index (χ3n) is 1.17. The van der Waals surface area contributed by atoms with Crippen LogP contribution >= 0.6 is 11.9 Å². The van der Waals surface area contributed by atoms with Crippen molar-refractivity contribution in [2.75, 3.05) is 0 Å². The SMILES string of the molecule is Cc1cccc(SNN)c1. The van der Waals surface area contributed by atoms with Crippen LogP contribution in [0.5, 0.6) is 0 Å². The van der Waals surface area contributed by atoms with E-state index in [2.05, 4.69) is 23.9 Å². The van der Waals surface area contributed by atoms with Gasteiger partial charge < -0.3 is 0 Å². The summed E-state index contributed by atoms with van der Waals surface area (Å²) in [6.45, 7) is 2.06.